The number of hydrogen-bond donors (Lipinski definition) is 0. The molecule has 5 aromatic rings. The number of anilines is 5. The van der Waals surface area contributed by atoms with E-state index in [1.54, 1.807) is 35.5 Å². The van der Waals surface area contributed by atoms with E-state index < -0.39 is 24.1 Å². The van der Waals surface area contributed by atoms with Crippen molar-refractivity contribution < 1.29 is 28.5 Å². The minimum absolute atomic E-state index is 0.384. The van der Waals surface area contributed by atoms with E-state index in [2.05, 4.69) is 79.4 Å². The minimum atomic E-state index is -0.489. The largest absolute Gasteiger partial charge is 0.425 e. The van der Waals surface area contributed by atoms with Crippen molar-refractivity contribution in [2.75, 3.05) is 23.1 Å². The van der Waals surface area contributed by atoms with Gasteiger partial charge in [-0.1, -0.05) is 47.5 Å². The van der Waals surface area contributed by atoms with Crippen LogP contribution in [-0.2, 0) is 19.1 Å². The third-order valence-electron chi connectivity index (χ3n) is 7.85. The number of epoxide rings is 2. The van der Waals surface area contributed by atoms with Crippen LogP contribution in [0.2, 0.25) is 0 Å². The fourth-order valence-electron chi connectivity index (χ4n) is 4.99. The molecule has 9 heteroatoms. The predicted octanol–water partition coefficient (Wildman–Crippen LogP) is 7.55. The molecule has 9 nitrogen and oxygen atoms in total. The van der Waals surface area contributed by atoms with Gasteiger partial charge in [0.25, 0.3) is 0 Å². The Morgan fingerprint density at radius 3 is 1.31 bits per heavy atom. The summed E-state index contributed by atoms with van der Waals surface area (Å²) in [4.78, 5) is 26.3. The van der Waals surface area contributed by atoms with Crippen molar-refractivity contribution in [2.45, 2.75) is 26.1 Å². The Morgan fingerprint density at radius 1 is 0.583 bits per heavy atom. The molecule has 2 heterocycles. The van der Waals surface area contributed by atoms with E-state index in [0.717, 1.165) is 34.0 Å². The van der Waals surface area contributed by atoms with E-state index in [9.17, 15) is 9.59 Å². The third kappa shape index (κ3) is 7.44. The Bertz CT molecular complexity index is 1800. The van der Waals surface area contributed by atoms with Crippen molar-refractivity contribution in [2.24, 2.45) is 5.10 Å². The molecule has 2 atom stereocenters. The molecule has 2 aliphatic rings. The molecule has 48 heavy (non-hydrogen) atoms. The van der Waals surface area contributed by atoms with Gasteiger partial charge in [-0.15, -0.1) is 0 Å². The van der Waals surface area contributed by atoms with Crippen molar-refractivity contribution in [1.82, 2.24) is 0 Å². The van der Waals surface area contributed by atoms with Gasteiger partial charge in [0.1, 0.15) is 11.5 Å². The zero-order valence-electron chi connectivity index (χ0n) is 26.5. The second-order valence-electron chi connectivity index (χ2n) is 11.6. The molecule has 2 aliphatic heterocycles. The topological polar surface area (TPSA) is 96.5 Å². The summed E-state index contributed by atoms with van der Waals surface area (Å²) in [5.41, 5.74) is 7.89. The van der Waals surface area contributed by atoms with E-state index in [1.807, 2.05) is 36.4 Å². The van der Waals surface area contributed by atoms with Gasteiger partial charge in [0.15, 0.2) is 12.2 Å². The molecule has 2 saturated heterocycles. The first-order chi connectivity index (χ1) is 23.4. The lowest BCUT2D eigenvalue weighted by Gasteiger charge is -2.26. The molecule has 0 aromatic heterocycles. The Morgan fingerprint density at radius 2 is 0.938 bits per heavy atom. The number of ether oxygens (including phenoxy) is 4. The van der Waals surface area contributed by atoms with Crippen LogP contribution in [0.25, 0.3) is 0 Å². The summed E-state index contributed by atoms with van der Waals surface area (Å²) in [6.45, 7) is 4.93. The fraction of sp³-hybridized carbons (Fsp3) is 0.154. The Balaban J connectivity index is 1.15. The number of carbonyl (C=O) groups is 2. The van der Waals surface area contributed by atoms with Crippen LogP contribution in [0.1, 0.15) is 16.7 Å². The van der Waals surface area contributed by atoms with Crippen LogP contribution < -0.4 is 19.4 Å². The molecule has 2 unspecified atom stereocenters. The lowest BCUT2D eigenvalue weighted by Crippen LogP contribution is -2.15. The molecule has 5 aromatic carbocycles. The molecule has 0 amide bonds. The van der Waals surface area contributed by atoms with Gasteiger partial charge in [-0.25, -0.2) is 14.6 Å². The van der Waals surface area contributed by atoms with Crippen LogP contribution in [0.5, 0.6) is 11.5 Å². The molecule has 0 radical (unpaired) electrons. The Labute approximate surface area is 278 Å². The smallest absolute Gasteiger partial charge is 0.343 e. The summed E-state index contributed by atoms with van der Waals surface area (Å²) in [6, 6.07) is 39.3. The molecule has 7 rings (SSSR count). The monoisotopic (exact) mass is 639 g/mol. The first-order valence-corrected chi connectivity index (χ1v) is 15.6. The average Bonchev–Trinajstić information content (AvgIpc) is 4.03. The van der Waals surface area contributed by atoms with Crippen LogP contribution in [0, 0.1) is 13.8 Å². The standard InChI is InChI=1S/C39H33N3O6/c1-26-3-9-29(10-4-26)41(30-11-5-27(2)6-12-30)31-13-7-28(8-14-31)23-40-42(32-15-19-34(20-16-32)47-38(43)36-24-45-36)33-17-21-35(22-18-33)48-39(44)37-25-46-37/h3-23,36-37H,24-25H2,1-2H3. The van der Waals surface area contributed by atoms with E-state index in [0.29, 0.717) is 24.7 Å². The molecule has 0 bridgehead atoms. The number of rotatable bonds is 11. The summed E-state index contributed by atoms with van der Waals surface area (Å²) in [6.07, 6.45) is 0.803. The Hall–Kier alpha value is -5.77. The summed E-state index contributed by atoms with van der Waals surface area (Å²) < 4.78 is 20.8. The second-order valence-corrected chi connectivity index (χ2v) is 11.6. The van der Waals surface area contributed by atoms with Crippen molar-refractivity contribution in [3.8, 4) is 11.5 Å². The maximum atomic E-state index is 12.1. The molecule has 2 fully saturated rings. The van der Waals surface area contributed by atoms with Gasteiger partial charge in [-0.3, -0.25) is 0 Å². The highest BCUT2D eigenvalue weighted by molar-refractivity contribution is 5.85. The lowest BCUT2D eigenvalue weighted by atomic mass is 10.1. The molecule has 240 valence electrons. The normalized spacial score (nSPS) is 16.3. The Kier molecular flexibility index (Phi) is 8.70. The third-order valence-corrected chi connectivity index (χ3v) is 7.85. The van der Waals surface area contributed by atoms with Gasteiger partial charge in [-0.2, -0.15) is 5.10 Å². The first kappa shape index (κ1) is 30.9. The van der Waals surface area contributed by atoms with Crippen molar-refractivity contribution >= 4 is 46.6 Å². The number of hydrogen-bond acceptors (Lipinski definition) is 9. The van der Waals surface area contributed by atoms with Crippen molar-refractivity contribution in [3.05, 3.63) is 138 Å². The molecule has 0 N–H and O–H groups in total. The zero-order chi connectivity index (χ0) is 33.0. The number of hydrazone groups is 1. The van der Waals surface area contributed by atoms with E-state index in [1.165, 1.54) is 11.1 Å². The van der Waals surface area contributed by atoms with Crippen LogP contribution >= 0.6 is 0 Å². The predicted molar refractivity (Wildman–Crippen MR) is 184 cm³/mol. The van der Waals surface area contributed by atoms with Gasteiger partial charge >= 0.3 is 11.9 Å². The number of nitrogens with zero attached hydrogens (tertiary/aromatic N) is 3. The number of aryl methyl sites for hydroxylation is 2. The maximum absolute atomic E-state index is 12.1. The average molecular weight is 640 g/mol. The molecule has 0 spiro atoms. The van der Waals surface area contributed by atoms with E-state index in [-0.39, 0.29) is 0 Å². The summed E-state index contributed by atoms with van der Waals surface area (Å²) in [7, 11) is 0. The highest BCUT2D eigenvalue weighted by atomic mass is 16.6. The summed E-state index contributed by atoms with van der Waals surface area (Å²) in [5.74, 6) is 0.00215. The van der Waals surface area contributed by atoms with Gasteiger partial charge in [0, 0.05) is 17.1 Å². The molecule has 0 saturated carbocycles. The van der Waals surface area contributed by atoms with Gasteiger partial charge < -0.3 is 23.8 Å². The van der Waals surface area contributed by atoms with Crippen LogP contribution in [0.3, 0.4) is 0 Å². The highest BCUT2D eigenvalue weighted by Crippen LogP contribution is 2.35. The van der Waals surface area contributed by atoms with Crippen molar-refractivity contribution in [1.29, 1.82) is 0 Å². The summed E-state index contributed by atoms with van der Waals surface area (Å²) >= 11 is 0. The maximum Gasteiger partial charge on any atom is 0.343 e. The van der Waals surface area contributed by atoms with Gasteiger partial charge in [-0.05, 0) is 104 Å². The van der Waals surface area contributed by atoms with Crippen LogP contribution in [0.15, 0.2) is 126 Å². The lowest BCUT2D eigenvalue weighted by molar-refractivity contribution is -0.136. The van der Waals surface area contributed by atoms with E-state index in [4.69, 9.17) is 24.0 Å². The molecule has 0 aliphatic carbocycles. The van der Waals surface area contributed by atoms with E-state index >= 15 is 0 Å². The SMILES string of the molecule is Cc1ccc(N(c2ccc(C)cc2)c2ccc(C=NN(c3ccc(OC(=O)C4CO4)cc3)c3ccc(OC(=O)C4CO4)cc3)cc2)cc1. The van der Waals surface area contributed by atoms with Crippen molar-refractivity contribution in [3.63, 3.8) is 0 Å². The number of carbonyl (C=O) groups excluding carboxylic acids is 2. The number of esters is 2. The van der Waals surface area contributed by atoms with Gasteiger partial charge in [0.2, 0.25) is 0 Å². The minimum Gasteiger partial charge on any atom is -0.425 e. The highest BCUT2D eigenvalue weighted by Gasteiger charge is 2.34. The quantitative estimate of drug-likeness (QED) is 0.0481. The molecular weight excluding hydrogens is 606 g/mol. The van der Waals surface area contributed by atoms with Gasteiger partial charge in [0.05, 0.1) is 30.8 Å². The first-order valence-electron chi connectivity index (χ1n) is 15.6. The second kappa shape index (κ2) is 13.5. The fourth-order valence-corrected chi connectivity index (χ4v) is 4.99. The van der Waals surface area contributed by atoms with Crippen LogP contribution in [-0.4, -0.2) is 43.6 Å². The number of benzene rings is 5. The van der Waals surface area contributed by atoms with Crippen LogP contribution in [0.4, 0.5) is 28.4 Å². The zero-order valence-corrected chi connectivity index (χ0v) is 26.5. The molecular formula is C39H33N3O6. The summed E-state index contributed by atoms with van der Waals surface area (Å²) in [5, 5.41) is 6.60.